The lowest BCUT2D eigenvalue weighted by molar-refractivity contribution is -0.384. The Balaban J connectivity index is 1.48. The van der Waals surface area contributed by atoms with E-state index in [4.69, 9.17) is 4.74 Å². The maximum Gasteiger partial charge on any atom is 0.311 e. The lowest BCUT2D eigenvalue weighted by atomic mass is 10.1. The van der Waals surface area contributed by atoms with Gasteiger partial charge in [0.25, 0.3) is 17.5 Å². The van der Waals surface area contributed by atoms with Crippen LogP contribution in [-0.4, -0.2) is 46.8 Å². The monoisotopic (exact) mass is 440 g/mol. The molecule has 0 unspecified atom stereocenters. The van der Waals surface area contributed by atoms with Crippen LogP contribution in [-0.2, 0) is 19.1 Å². The number of carbonyl (C=O) groups is 4. The van der Waals surface area contributed by atoms with Crippen molar-refractivity contribution < 1.29 is 28.8 Å². The van der Waals surface area contributed by atoms with Crippen molar-refractivity contribution in [2.45, 2.75) is 13.3 Å². The maximum absolute atomic E-state index is 12.3. The van der Waals surface area contributed by atoms with Gasteiger partial charge in [0.2, 0.25) is 5.91 Å². The second kappa shape index (κ2) is 9.69. The lowest BCUT2D eigenvalue weighted by Gasteiger charge is -2.17. The number of nitrogens with zero attached hydrogens (tertiary/aromatic N) is 2. The van der Waals surface area contributed by atoms with Crippen molar-refractivity contribution in [2.24, 2.45) is 5.92 Å². The molecule has 32 heavy (non-hydrogen) atoms. The minimum absolute atomic E-state index is 0.113. The molecule has 1 heterocycles. The van der Waals surface area contributed by atoms with E-state index in [-0.39, 0.29) is 24.2 Å². The standard InChI is InChI=1S/C21H20N4O7/c1-13-3-2-4-16(9-13)22-18(26)12-32-21(29)15-10-19(27)24(11-15)23-20(28)14-5-7-17(8-6-14)25(30)31/h2-9,15H,10-12H2,1H3,(H,22,26)(H,23,28)/t15-/m1/s1. The number of ether oxygens (including phenoxy) is 1. The van der Waals surface area contributed by atoms with Gasteiger partial charge in [-0.3, -0.25) is 39.7 Å². The molecule has 0 spiro atoms. The number of non-ortho nitro benzene ring substituents is 1. The molecule has 11 nitrogen and oxygen atoms in total. The Labute approximate surface area is 182 Å². The van der Waals surface area contributed by atoms with Crippen molar-refractivity contribution in [3.8, 4) is 0 Å². The summed E-state index contributed by atoms with van der Waals surface area (Å²) in [7, 11) is 0. The molecule has 3 amide bonds. The van der Waals surface area contributed by atoms with Crippen molar-refractivity contribution in [1.29, 1.82) is 0 Å². The van der Waals surface area contributed by atoms with Crippen LogP contribution < -0.4 is 10.7 Å². The fourth-order valence-electron chi connectivity index (χ4n) is 3.07. The van der Waals surface area contributed by atoms with Crippen LogP contribution >= 0.6 is 0 Å². The number of anilines is 1. The summed E-state index contributed by atoms with van der Waals surface area (Å²) in [5.41, 5.74) is 3.84. The molecule has 0 radical (unpaired) electrons. The molecule has 0 aromatic heterocycles. The third kappa shape index (κ3) is 5.65. The Morgan fingerprint density at radius 2 is 1.91 bits per heavy atom. The van der Waals surface area contributed by atoms with Crippen LogP contribution in [0.25, 0.3) is 0 Å². The molecule has 11 heteroatoms. The van der Waals surface area contributed by atoms with E-state index in [2.05, 4.69) is 10.7 Å². The topological polar surface area (TPSA) is 148 Å². The summed E-state index contributed by atoms with van der Waals surface area (Å²) in [4.78, 5) is 58.7. The van der Waals surface area contributed by atoms with Gasteiger partial charge >= 0.3 is 5.97 Å². The first-order valence-corrected chi connectivity index (χ1v) is 9.62. The number of rotatable bonds is 7. The van der Waals surface area contributed by atoms with E-state index < -0.39 is 41.1 Å². The predicted molar refractivity (Wildman–Crippen MR) is 111 cm³/mol. The average molecular weight is 440 g/mol. The Hall–Kier alpha value is -4.28. The molecule has 2 aromatic rings. The molecule has 166 valence electrons. The number of hydrogen-bond donors (Lipinski definition) is 2. The molecule has 1 atom stereocenters. The van der Waals surface area contributed by atoms with E-state index in [1.54, 1.807) is 18.2 Å². The first-order valence-electron chi connectivity index (χ1n) is 9.62. The number of aryl methyl sites for hydroxylation is 1. The van der Waals surface area contributed by atoms with E-state index >= 15 is 0 Å². The van der Waals surface area contributed by atoms with Crippen molar-refractivity contribution in [3.63, 3.8) is 0 Å². The smallest absolute Gasteiger partial charge is 0.311 e. The number of amides is 3. The highest BCUT2D eigenvalue weighted by atomic mass is 16.6. The first-order chi connectivity index (χ1) is 15.2. The zero-order valence-electron chi connectivity index (χ0n) is 17.1. The van der Waals surface area contributed by atoms with Crippen molar-refractivity contribution in [1.82, 2.24) is 10.4 Å². The molecule has 1 aliphatic heterocycles. The Kier molecular flexibility index (Phi) is 6.78. The predicted octanol–water partition coefficient (Wildman–Crippen LogP) is 1.58. The van der Waals surface area contributed by atoms with E-state index in [1.807, 2.05) is 13.0 Å². The first kappa shape index (κ1) is 22.4. The Bertz CT molecular complexity index is 1070. The third-order valence-corrected chi connectivity index (χ3v) is 4.68. The molecule has 2 N–H and O–H groups in total. The van der Waals surface area contributed by atoms with Gasteiger partial charge < -0.3 is 10.1 Å². The number of carbonyl (C=O) groups excluding carboxylic acids is 4. The van der Waals surface area contributed by atoms with Crippen molar-refractivity contribution in [2.75, 3.05) is 18.5 Å². The zero-order chi connectivity index (χ0) is 23.3. The van der Waals surface area contributed by atoms with Crippen LogP contribution in [0.2, 0.25) is 0 Å². The molecule has 0 bridgehead atoms. The van der Waals surface area contributed by atoms with Gasteiger partial charge in [-0.25, -0.2) is 0 Å². The molecule has 2 aromatic carbocycles. The second-order valence-corrected chi connectivity index (χ2v) is 7.18. The van der Waals surface area contributed by atoms with Gasteiger partial charge in [0.05, 0.1) is 17.4 Å². The van der Waals surface area contributed by atoms with Crippen LogP contribution in [0.3, 0.4) is 0 Å². The van der Waals surface area contributed by atoms with Gasteiger partial charge in [-0.15, -0.1) is 0 Å². The van der Waals surface area contributed by atoms with Crippen LogP contribution in [0.4, 0.5) is 11.4 Å². The van der Waals surface area contributed by atoms with Crippen molar-refractivity contribution >= 4 is 35.1 Å². The number of nitro groups is 1. The zero-order valence-corrected chi connectivity index (χ0v) is 17.1. The minimum atomic E-state index is -0.841. The van der Waals surface area contributed by atoms with Crippen LogP contribution in [0, 0.1) is 23.0 Å². The molecule has 1 saturated heterocycles. The second-order valence-electron chi connectivity index (χ2n) is 7.18. The summed E-state index contributed by atoms with van der Waals surface area (Å²) in [6.45, 7) is 1.25. The van der Waals surface area contributed by atoms with E-state index in [9.17, 15) is 29.3 Å². The maximum atomic E-state index is 12.3. The molecule has 0 saturated carbocycles. The minimum Gasteiger partial charge on any atom is -0.455 e. The largest absolute Gasteiger partial charge is 0.455 e. The Morgan fingerprint density at radius 3 is 2.56 bits per heavy atom. The summed E-state index contributed by atoms with van der Waals surface area (Å²) in [5, 5.41) is 14.3. The van der Waals surface area contributed by atoms with Crippen LogP contribution in [0.5, 0.6) is 0 Å². The lowest BCUT2D eigenvalue weighted by Crippen LogP contribution is -2.43. The van der Waals surface area contributed by atoms with Gasteiger partial charge in [0.15, 0.2) is 6.61 Å². The van der Waals surface area contributed by atoms with Crippen molar-refractivity contribution in [3.05, 3.63) is 69.8 Å². The summed E-state index contributed by atoms with van der Waals surface area (Å²) >= 11 is 0. The highest BCUT2D eigenvalue weighted by Crippen LogP contribution is 2.19. The van der Waals surface area contributed by atoms with Crippen LogP contribution in [0.15, 0.2) is 48.5 Å². The van der Waals surface area contributed by atoms with Gasteiger partial charge in [-0.05, 0) is 36.8 Å². The Morgan fingerprint density at radius 1 is 1.19 bits per heavy atom. The van der Waals surface area contributed by atoms with Gasteiger partial charge in [-0.1, -0.05) is 12.1 Å². The van der Waals surface area contributed by atoms with Gasteiger partial charge in [-0.2, -0.15) is 0 Å². The van der Waals surface area contributed by atoms with E-state index in [1.165, 1.54) is 24.3 Å². The van der Waals surface area contributed by atoms with Gasteiger partial charge in [0, 0.05) is 29.8 Å². The van der Waals surface area contributed by atoms with Crippen LogP contribution in [0.1, 0.15) is 22.3 Å². The van der Waals surface area contributed by atoms with E-state index in [0.717, 1.165) is 10.6 Å². The summed E-state index contributed by atoms with van der Waals surface area (Å²) in [6.07, 6.45) is -0.182. The highest BCUT2D eigenvalue weighted by Gasteiger charge is 2.36. The molecule has 1 aliphatic rings. The number of benzene rings is 2. The fraction of sp³-hybridized carbons (Fsp3) is 0.238. The number of hydrazine groups is 1. The van der Waals surface area contributed by atoms with E-state index in [0.29, 0.717) is 5.69 Å². The SMILES string of the molecule is Cc1cccc(NC(=O)COC(=O)[C@@H]2CC(=O)N(NC(=O)c3ccc([N+](=O)[O-])cc3)C2)c1. The quantitative estimate of drug-likeness (QED) is 0.377. The summed E-state index contributed by atoms with van der Waals surface area (Å²) in [6, 6.07) is 12.0. The third-order valence-electron chi connectivity index (χ3n) is 4.68. The molecule has 0 aliphatic carbocycles. The molecular formula is C21H20N4O7. The molecular weight excluding hydrogens is 420 g/mol. The highest BCUT2D eigenvalue weighted by molar-refractivity contribution is 5.97. The summed E-state index contributed by atoms with van der Waals surface area (Å²) < 4.78 is 5.01. The summed E-state index contributed by atoms with van der Waals surface area (Å²) in [5.74, 6) is -3.24. The normalized spacial score (nSPS) is 15.2. The molecule has 3 rings (SSSR count). The number of nitrogens with one attached hydrogen (secondary N) is 2. The number of esters is 1. The number of nitro benzene ring substituents is 1. The number of hydrogen-bond acceptors (Lipinski definition) is 7. The fourth-order valence-corrected chi connectivity index (χ4v) is 3.07. The van der Waals surface area contributed by atoms with Gasteiger partial charge in [0.1, 0.15) is 0 Å². The molecule has 1 fully saturated rings. The average Bonchev–Trinajstić information content (AvgIpc) is 3.12.